The maximum absolute atomic E-state index is 11.1. The van der Waals surface area contributed by atoms with Gasteiger partial charge in [-0.1, -0.05) is 18.2 Å². The number of likely N-dealkylation sites (tertiary alicyclic amines) is 1. The molecule has 126 valence electrons. The zero-order chi connectivity index (χ0) is 16.6. The highest BCUT2D eigenvalue weighted by atomic mass is 16.5. The van der Waals surface area contributed by atoms with E-state index in [4.69, 9.17) is 10.5 Å². The Morgan fingerprint density at radius 1 is 1.43 bits per heavy atom. The summed E-state index contributed by atoms with van der Waals surface area (Å²) in [6.45, 7) is 6.81. The molecule has 3 N–H and O–H groups in total. The van der Waals surface area contributed by atoms with Crippen LogP contribution in [0.15, 0.2) is 18.2 Å². The Morgan fingerprint density at radius 3 is 2.78 bits per heavy atom. The normalized spacial score (nSPS) is 22.4. The Morgan fingerprint density at radius 2 is 2.13 bits per heavy atom. The van der Waals surface area contributed by atoms with Gasteiger partial charge in [-0.2, -0.15) is 0 Å². The number of nitrogens with zero attached hydrogens (tertiary/aromatic N) is 1. The molecule has 0 aromatic heterocycles. The highest BCUT2D eigenvalue weighted by Crippen LogP contribution is 2.38. The largest absolute Gasteiger partial charge is 0.487 e. The van der Waals surface area contributed by atoms with Gasteiger partial charge in [-0.15, -0.1) is 0 Å². The average Bonchev–Trinajstić information content (AvgIpc) is 2.82. The zero-order valence-corrected chi connectivity index (χ0v) is 13.9. The molecule has 2 aliphatic heterocycles. The minimum Gasteiger partial charge on any atom is -0.487 e. The molecule has 1 unspecified atom stereocenters. The maximum atomic E-state index is 11.1. The molecule has 3 rings (SSSR count). The van der Waals surface area contributed by atoms with Crippen molar-refractivity contribution in [1.82, 2.24) is 4.90 Å². The molecule has 0 bridgehead atoms. The van der Waals surface area contributed by atoms with E-state index in [1.165, 1.54) is 11.1 Å². The number of para-hydroxylation sites is 1. The highest BCUT2D eigenvalue weighted by Gasteiger charge is 2.33. The molecule has 1 aromatic rings. The van der Waals surface area contributed by atoms with Gasteiger partial charge in [-0.05, 0) is 51.3 Å². The lowest BCUT2D eigenvalue weighted by Gasteiger charge is -2.33. The molecule has 2 aliphatic rings. The fraction of sp³-hybridized carbons (Fsp3) is 0.611. The van der Waals surface area contributed by atoms with Gasteiger partial charge in [0.15, 0.2) is 0 Å². The standard InChI is InChI=1S/C18H26N2O3/c1-18(2)10-13-4-3-5-14(16(13)23-18)11-20-8-6-12(7-9-20)15(21)17(19)22/h3-5,12,15,21H,6-11H2,1-2H3,(H2,19,22). The summed E-state index contributed by atoms with van der Waals surface area (Å²) in [5, 5.41) is 9.80. The second-order valence-electron chi connectivity index (χ2n) is 7.40. The number of carbonyl (C=O) groups is 1. The van der Waals surface area contributed by atoms with Crippen LogP contribution in [-0.4, -0.2) is 40.7 Å². The second kappa shape index (κ2) is 6.13. The fourth-order valence-electron chi connectivity index (χ4n) is 3.70. The molecule has 0 aliphatic carbocycles. The topological polar surface area (TPSA) is 75.8 Å². The lowest BCUT2D eigenvalue weighted by Crippen LogP contribution is -2.42. The third-order valence-electron chi connectivity index (χ3n) is 4.94. The number of primary amides is 1. The third kappa shape index (κ3) is 3.51. The molecule has 1 saturated heterocycles. The molecule has 5 nitrogen and oxygen atoms in total. The number of fused-ring (bicyclic) bond motifs is 1. The summed E-state index contributed by atoms with van der Waals surface area (Å²) in [5.74, 6) is 0.414. The molecule has 5 heteroatoms. The lowest BCUT2D eigenvalue weighted by molar-refractivity contribution is -0.129. The fourth-order valence-corrected chi connectivity index (χ4v) is 3.70. The summed E-state index contributed by atoms with van der Waals surface area (Å²) < 4.78 is 6.13. The van der Waals surface area contributed by atoms with E-state index in [0.717, 1.165) is 44.6 Å². The van der Waals surface area contributed by atoms with Crippen molar-refractivity contribution in [2.45, 2.75) is 51.4 Å². The highest BCUT2D eigenvalue weighted by molar-refractivity contribution is 5.78. The van der Waals surface area contributed by atoms with Crippen LogP contribution in [0.25, 0.3) is 0 Å². The Labute approximate surface area is 137 Å². The molecule has 1 fully saturated rings. The number of carbonyl (C=O) groups excluding carboxylic acids is 1. The van der Waals surface area contributed by atoms with Gasteiger partial charge in [0.05, 0.1) is 0 Å². The Balaban J connectivity index is 1.63. The number of hydrogen-bond acceptors (Lipinski definition) is 4. The summed E-state index contributed by atoms with van der Waals surface area (Å²) in [4.78, 5) is 13.5. The van der Waals surface area contributed by atoms with Crippen molar-refractivity contribution in [2.75, 3.05) is 13.1 Å². The molecule has 23 heavy (non-hydrogen) atoms. The Hall–Kier alpha value is -1.59. The molecule has 0 radical (unpaired) electrons. The van der Waals surface area contributed by atoms with Gasteiger partial charge in [0.1, 0.15) is 17.5 Å². The van der Waals surface area contributed by atoms with Crippen LogP contribution >= 0.6 is 0 Å². The first-order chi connectivity index (χ1) is 10.9. The van der Waals surface area contributed by atoms with E-state index < -0.39 is 12.0 Å². The Bertz CT molecular complexity index is 592. The van der Waals surface area contributed by atoms with E-state index in [1.807, 2.05) is 0 Å². The number of aliphatic hydroxyl groups is 1. The monoisotopic (exact) mass is 318 g/mol. The zero-order valence-electron chi connectivity index (χ0n) is 13.9. The van der Waals surface area contributed by atoms with E-state index >= 15 is 0 Å². The maximum Gasteiger partial charge on any atom is 0.246 e. The third-order valence-corrected chi connectivity index (χ3v) is 4.94. The first kappa shape index (κ1) is 16.3. The number of ether oxygens (including phenoxy) is 1. The van der Waals surface area contributed by atoms with Crippen molar-refractivity contribution >= 4 is 5.91 Å². The molecule has 0 spiro atoms. The first-order valence-electron chi connectivity index (χ1n) is 8.35. The quantitative estimate of drug-likeness (QED) is 0.881. The minimum absolute atomic E-state index is 0.0135. The average molecular weight is 318 g/mol. The molecular weight excluding hydrogens is 292 g/mol. The summed E-state index contributed by atoms with van der Waals surface area (Å²) in [5.41, 5.74) is 7.57. The van der Waals surface area contributed by atoms with Crippen LogP contribution in [0.2, 0.25) is 0 Å². The summed E-state index contributed by atoms with van der Waals surface area (Å²) in [6, 6.07) is 6.37. The molecule has 2 heterocycles. The minimum atomic E-state index is -1.01. The van der Waals surface area contributed by atoms with Gasteiger partial charge in [0.2, 0.25) is 5.91 Å². The van der Waals surface area contributed by atoms with E-state index in [1.54, 1.807) is 0 Å². The lowest BCUT2D eigenvalue weighted by atomic mass is 9.90. The van der Waals surface area contributed by atoms with Crippen molar-refractivity contribution in [1.29, 1.82) is 0 Å². The molecule has 1 atom stereocenters. The number of nitrogens with two attached hydrogens (primary N) is 1. The first-order valence-corrected chi connectivity index (χ1v) is 8.35. The van der Waals surface area contributed by atoms with Crippen LogP contribution in [0.4, 0.5) is 0 Å². The van der Waals surface area contributed by atoms with Crippen molar-refractivity contribution < 1.29 is 14.6 Å². The number of benzene rings is 1. The van der Waals surface area contributed by atoms with Crippen LogP contribution in [0.1, 0.15) is 37.8 Å². The molecular formula is C18H26N2O3. The molecule has 0 saturated carbocycles. The van der Waals surface area contributed by atoms with Crippen LogP contribution < -0.4 is 10.5 Å². The van der Waals surface area contributed by atoms with Gasteiger partial charge in [0.25, 0.3) is 0 Å². The predicted molar refractivity (Wildman–Crippen MR) is 88.1 cm³/mol. The van der Waals surface area contributed by atoms with Crippen molar-refractivity contribution in [2.24, 2.45) is 11.7 Å². The number of aliphatic hydroxyl groups excluding tert-OH is 1. The van der Waals surface area contributed by atoms with Crippen LogP contribution in [0.5, 0.6) is 5.75 Å². The van der Waals surface area contributed by atoms with Gasteiger partial charge < -0.3 is 15.6 Å². The second-order valence-corrected chi connectivity index (χ2v) is 7.40. The Kier molecular flexibility index (Phi) is 4.34. The van der Waals surface area contributed by atoms with Gasteiger partial charge in [-0.25, -0.2) is 0 Å². The van der Waals surface area contributed by atoms with Gasteiger partial charge >= 0.3 is 0 Å². The molecule has 1 aromatic carbocycles. The number of amides is 1. The number of hydrogen-bond donors (Lipinski definition) is 2. The summed E-state index contributed by atoms with van der Waals surface area (Å²) in [6.07, 6.45) is 1.53. The van der Waals surface area contributed by atoms with Crippen molar-refractivity contribution in [3.8, 4) is 5.75 Å². The van der Waals surface area contributed by atoms with Gasteiger partial charge in [0, 0.05) is 18.5 Å². The van der Waals surface area contributed by atoms with Crippen LogP contribution in [-0.2, 0) is 17.8 Å². The number of rotatable bonds is 4. The van der Waals surface area contributed by atoms with E-state index in [-0.39, 0.29) is 11.5 Å². The molecule has 1 amide bonds. The summed E-state index contributed by atoms with van der Waals surface area (Å²) in [7, 11) is 0. The van der Waals surface area contributed by atoms with E-state index in [9.17, 15) is 9.90 Å². The van der Waals surface area contributed by atoms with E-state index in [0.29, 0.717) is 0 Å². The van der Waals surface area contributed by atoms with E-state index in [2.05, 4.69) is 36.9 Å². The van der Waals surface area contributed by atoms with Crippen molar-refractivity contribution in [3.05, 3.63) is 29.3 Å². The summed E-state index contributed by atoms with van der Waals surface area (Å²) >= 11 is 0. The van der Waals surface area contributed by atoms with Gasteiger partial charge in [-0.3, -0.25) is 9.69 Å². The predicted octanol–water partition coefficient (Wildman–Crippen LogP) is 1.46. The van der Waals surface area contributed by atoms with Crippen LogP contribution in [0, 0.1) is 5.92 Å². The number of piperidine rings is 1. The van der Waals surface area contributed by atoms with Crippen LogP contribution in [0.3, 0.4) is 0 Å². The van der Waals surface area contributed by atoms with Crippen molar-refractivity contribution in [3.63, 3.8) is 0 Å². The smallest absolute Gasteiger partial charge is 0.246 e. The SMILES string of the molecule is CC1(C)Cc2cccc(CN3CCC(C(O)C(N)=O)CC3)c2O1.